The molecule has 4 heteroatoms. The monoisotopic (exact) mass is 155 g/mol. The van der Waals surface area contributed by atoms with Crippen molar-refractivity contribution in [3.05, 3.63) is 18.2 Å². The Morgan fingerprint density at radius 1 is 1.82 bits per heavy atom. The first kappa shape index (κ1) is 8.23. The van der Waals surface area contributed by atoms with E-state index >= 15 is 0 Å². The minimum atomic E-state index is -0.586. The second-order valence-corrected chi connectivity index (χ2v) is 2.36. The number of aromatic nitrogens is 2. The summed E-state index contributed by atoms with van der Waals surface area (Å²) >= 11 is 0. The normalized spacial score (nSPS) is 13.4. The van der Waals surface area contributed by atoms with E-state index in [0.29, 0.717) is 0 Å². The zero-order valence-corrected chi connectivity index (χ0v) is 6.57. The largest absolute Gasteiger partial charge is 0.385 e. The van der Waals surface area contributed by atoms with Gasteiger partial charge in [-0.2, -0.15) is 0 Å². The molecule has 1 aromatic heterocycles. The lowest BCUT2D eigenvalue weighted by Crippen LogP contribution is -2.15. The van der Waals surface area contributed by atoms with Crippen molar-refractivity contribution in [1.29, 1.82) is 0 Å². The summed E-state index contributed by atoms with van der Waals surface area (Å²) in [5.41, 5.74) is 6.08. The van der Waals surface area contributed by atoms with Crippen molar-refractivity contribution in [3.8, 4) is 0 Å². The van der Waals surface area contributed by atoms with Crippen LogP contribution in [0.1, 0.15) is 18.7 Å². The first-order valence-corrected chi connectivity index (χ1v) is 3.67. The molecule has 62 valence electrons. The van der Waals surface area contributed by atoms with Crippen molar-refractivity contribution < 1.29 is 5.11 Å². The van der Waals surface area contributed by atoms with Gasteiger partial charge in [-0.25, -0.2) is 4.98 Å². The van der Waals surface area contributed by atoms with Crippen molar-refractivity contribution >= 4 is 0 Å². The second kappa shape index (κ2) is 3.50. The molecule has 0 unspecified atom stereocenters. The smallest absolute Gasteiger partial charge is 0.108 e. The van der Waals surface area contributed by atoms with Gasteiger partial charge in [-0.05, 0) is 6.92 Å². The minimum Gasteiger partial charge on any atom is -0.385 e. The fourth-order valence-electron chi connectivity index (χ4n) is 0.993. The minimum absolute atomic E-state index is 0.242. The second-order valence-electron chi connectivity index (χ2n) is 2.36. The molecule has 0 amide bonds. The van der Waals surface area contributed by atoms with Crippen LogP contribution in [0.25, 0.3) is 0 Å². The predicted molar refractivity (Wildman–Crippen MR) is 41.9 cm³/mol. The molecule has 11 heavy (non-hydrogen) atoms. The topological polar surface area (TPSA) is 64.1 Å². The molecule has 4 nitrogen and oxygen atoms in total. The Labute approximate surface area is 65.7 Å². The van der Waals surface area contributed by atoms with Gasteiger partial charge >= 0.3 is 0 Å². The van der Waals surface area contributed by atoms with E-state index in [0.717, 1.165) is 12.2 Å². The van der Waals surface area contributed by atoms with E-state index in [1.54, 1.807) is 12.5 Å². The van der Waals surface area contributed by atoms with Gasteiger partial charge in [0.1, 0.15) is 6.10 Å². The van der Waals surface area contributed by atoms with E-state index in [4.69, 9.17) is 5.73 Å². The highest BCUT2D eigenvalue weighted by Crippen LogP contribution is 2.09. The molecule has 0 saturated carbocycles. The summed E-state index contributed by atoms with van der Waals surface area (Å²) in [6.45, 7) is 3.05. The van der Waals surface area contributed by atoms with Crippen LogP contribution >= 0.6 is 0 Å². The van der Waals surface area contributed by atoms with E-state index in [1.165, 1.54) is 0 Å². The van der Waals surface area contributed by atoms with Crippen LogP contribution in [0.4, 0.5) is 0 Å². The zero-order chi connectivity index (χ0) is 8.27. The van der Waals surface area contributed by atoms with Crippen molar-refractivity contribution in [2.24, 2.45) is 5.73 Å². The van der Waals surface area contributed by atoms with Gasteiger partial charge in [-0.15, -0.1) is 0 Å². The number of rotatable bonds is 3. The van der Waals surface area contributed by atoms with Crippen molar-refractivity contribution in [3.63, 3.8) is 0 Å². The summed E-state index contributed by atoms with van der Waals surface area (Å²) in [6.07, 6.45) is 2.74. The highest BCUT2D eigenvalue weighted by Gasteiger charge is 2.08. The molecule has 0 aliphatic rings. The number of aliphatic hydroxyl groups excluding tert-OH is 1. The fraction of sp³-hybridized carbons (Fsp3) is 0.571. The van der Waals surface area contributed by atoms with Crippen molar-refractivity contribution in [2.75, 3.05) is 6.54 Å². The van der Waals surface area contributed by atoms with Gasteiger partial charge in [0.25, 0.3) is 0 Å². The molecular weight excluding hydrogens is 142 g/mol. The highest BCUT2D eigenvalue weighted by atomic mass is 16.3. The average molecular weight is 155 g/mol. The number of hydrogen-bond donors (Lipinski definition) is 2. The molecular formula is C7H13N3O. The Morgan fingerprint density at radius 2 is 2.55 bits per heavy atom. The Bertz CT molecular complexity index is 221. The van der Waals surface area contributed by atoms with Crippen molar-refractivity contribution in [2.45, 2.75) is 19.6 Å². The molecule has 1 atom stereocenters. The van der Waals surface area contributed by atoms with E-state index in [9.17, 15) is 5.11 Å². The van der Waals surface area contributed by atoms with Gasteiger partial charge in [0.15, 0.2) is 0 Å². The van der Waals surface area contributed by atoms with Gasteiger partial charge in [-0.3, -0.25) is 0 Å². The van der Waals surface area contributed by atoms with E-state index in [2.05, 4.69) is 4.98 Å². The molecule has 0 radical (unpaired) electrons. The maximum atomic E-state index is 9.34. The van der Waals surface area contributed by atoms with Gasteiger partial charge in [-0.1, -0.05) is 0 Å². The Hall–Kier alpha value is -0.870. The van der Waals surface area contributed by atoms with Gasteiger partial charge in [0.2, 0.25) is 0 Å². The first-order valence-electron chi connectivity index (χ1n) is 3.67. The Balaban J connectivity index is 2.83. The van der Waals surface area contributed by atoms with E-state index < -0.39 is 6.10 Å². The number of hydrogen-bond acceptors (Lipinski definition) is 3. The molecule has 1 aromatic rings. The average Bonchev–Trinajstić information content (AvgIpc) is 2.50. The summed E-state index contributed by atoms with van der Waals surface area (Å²) < 4.78 is 1.87. The Morgan fingerprint density at radius 3 is 3.09 bits per heavy atom. The van der Waals surface area contributed by atoms with Crippen LogP contribution in [0.2, 0.25) is 0 Å². The van der Waals surface area contributed by atoms with Crippen LogP contribution in [0.15, 0.2) is 12.5 Å². The SMILES string of the molecule is CCn1cncc1[C@@H](O)CN. The molecule has 0 aromatic carbocycles. The summed E-state index contributed by atoms with van der Waals surface area (Å²) in [7, 11) is 0. The highest BCUT2D eigenvalue weighted by molar-refractivity contribution is 5.02. The molecule has 1 heterocycles. The number of aliphatic hydroxyl groups is 1. The standard InChI is InChI=1S/C7H13N3O/c1-2-10-5-9-4-6(10)7(11)3-8/h4-5,7,11H,2-3,8H2,1H3/t7-/m0/s1. The zero-order valence-electron chi connectivity index (χ0n) is 6.57. The van der Waals surface area contributed by atoms with E-state index in [-0.39, 0.29) is 6.54 Å². The quantitative estimate of drug-likeness (QED) is 0.640. The van der Waals surface area contributed by atoms with Gasteiger partial charge in [0, 0.05) is 13.1 Å². The lowest BCUT2D eigenvalue weighted by atomic mass is 10.3. The summed E-state index contributed by atoms with van der Waals surface area (Å²) in [5.74, 6) is 0. The number of imidazole rings is 1. The molecule has 0 spiro atoms. The lowest BCUT2D eigenvalue weighted by molar-refractivity contribution is 0.177. The fourth-order valence-corrected chi connectivity index (χ4v) is 0.993. The number of nitrogens with zero attached hydrogens (tertiary/aromatic N) is 2. The third-order valence-electron chi connectivity index (χ3n) is 1.65. The molecule has 0 saturated heterocycles. The predicted octanol–water partition coefficient (Wildman–Crippen LogP) is -0.105. The van der Waals surface area contributed by atoms with Crippen LogP contribution in [0.3, 0.4) is 0 Å². The molecule has 0 aliphatic carbocycles. The van der Waals surface area contributed by atoms with Crippen LogP contribution in [0.5, 0.6) is 0 Å². The van der Waals surface area contributed by atoms with Crippen molar-refractivity contribution in [1.82, 2.24) is 9.55 Å². The van der Waals surface area contributed by atoms with Crippen LogP contribution in [-0.2, 0) is 6.54 Å². The number of aryl methyl sites for hydroxylation is 1. The third kappa shape index (κ3) is 1.58. The molecule has 0 bridgehead atoms. The van der Waals surface area contributed by atoms with Crippen LogP contribution in [0, 0.1) is 0 Å². The first-order chi connectivity index (χ1) is 5.29. The molecule has 3 N–H and O–H groups in total. The maximum Gasteiger partial charge on any atom is 0.108 e. The lowest BCUT2D eigenvalue weighted by Gasteiger charge is -2.09. The number of nitrogens with two attached hydrogens (primary N) is 1. The van der Waals surface area contributed by atoms with Gasteiger partial charge in [0.05, 0.1) is 18.2 Å². The van der Waals surface area contributed by atoms with Crippen LogP contribution in [-0.4, -0.2) is 21.2 Å². The van der Waals surface area contributed by atoms with Crippen LogP contribution < -0.4 is 5.73 Å². The molecule has 0 fully saturated rings. The Kier molecular flexibility index (Phi) is 2.62. The van der Waals surface area contributed by atoms with Gasteiger partial charge < -0.3 is 15.4 Å². The maximum absolute atomic E-state index is 9.34. The molecule has 1 rings (SSSR count). The summed E-state index contributed by atoms with van der Waals surface area (Å²) in [6, 6.07) is 0. The summed E-state index contributed by atoms with van der Waals surface area (Å²) in [5, 5.41) is 9.34. The summed E-state index contributed by atoms with van der Waals surface area (Å²) in [4.78, 5) is 3.91. The molecule has 0 aliphatic heterocycles. The van der Waals surface area contributed by atoms with E-state index in [1.807, 2.05) is 11.5 Å². The third-order valence-corrected chi connectivity index (χ3v) is 1.65.